The highest BCUT2D eigenvalue weighted by Gasteiger charge is 2.16. The Balaban J connectivity index is 0.00000341. The van der Waals surface area contributed by atoms with E-state index in [1.807, 2.05) is 19.2 Å². The van der Waals surface area contributed by atoms with Gasteiger partial charge in [-0.05, 0) is 49.2 Å². The lowest BCUT2D eigenvalue weighted by Gasteiger charge is -2.34. The van der Waals surface area contributed by atoms with Gasteiger partial charge in [-0.2, -0.15) is 0 Å². The molecule has 1 aromatic carbocycles. The Kier molecular flexibility index (Phi) is 9.95. The fourth-order valence-electron chi connectivity index (χ4n) is 3.55. The number of anilines is 1. The van der Waals surface area contributed by atoms with Gasteiger partial charge in [-0.1, -0.05) is 25.1 Å². The standard InChI is InChI=1S/C23H33FN6.HI/c1-5-29-10-12-30(13-11-29)22-9-7-19(15-26-22)16-27-23(25-4)28-18(3)20-8-6-17(2)21(24)14-20;/h6-9,14-15,18H,5,10-13,16H2,1-4H3,(H2,25,27,28);1H. The van der Waals surface area contributed by atoms with Crippen LogP contribution in [-0.2, 0) is 6.54 Å². The number of rotatable bonds is 6. The Morgan fingerprint density at radius 3 is 2.52 bits per heavy atom. The molecule has 1 fully saturated rings. The molecule has 0 saturated carbocycles. The molecule has 170 valence electrons. The van der Waals surface area contributed by atoms with Crippen LogP contribution in [0.4, 0.5) is 10.2 Å². The summed E-state index contributed by atoms with van der Waals surface area (Å²) in [6.45, 7) is 11.9. The summed E-state index contributed by atoms with van der Waals surface area (Å²) in [4.78, 5) is 13.7. The van der Waals surface area contributed by atoms with E-state index in [9.17, 15) is 4.39 Å². The molecule has 1 saturated heterocycles. The van der Waals surface area contributed by atoms with Crippen molar-refractivity contribution in [3.63, 3.8) is 0 Å². The zero-order valence-corrected chi connectivity index (χ0v) is 21.2. The Labute approximate surface area is 202 Å². The van der Waals surface area contributed by atoms with Crippen LogP contribution in [0, 0.1) is 12.7 Å². The van der Waals surface area contributed by atoms with Crippen molar-refractivity contribution in [2.45, 2.75) is 33.4 Å². The normalized spacial score (nSPS) is 15.9. The zero-order chi connectivity index (χ0) is 21.5. The third kappa shape index (κ3) is 7.03. The summed E-state index contributed by atoms with van der Waals surface area (Å²) in [6, 6.07) is 9.44. The molecule has 0 amide bonds. The van der Waals surface area contributed by atoms with Crippen LogP contribution in [0.3, 0.4) is 0 Å². The van der Waals surface area contributed by atoms with Crippen molar-refractivity contribution in [1.82, 2.24) is 20.5 Å². The summed E-state index contributed by atoms with van der Waals surface area (Å²) in [5.41, 5.74) is 2.62. The van der Waals surface area contributed by atoms with Crippen molar-refractivity contribution >= 4 is 35.8 Å². The maximum absolute atomic E-state index is 13.8. The SMILES string of the molecule is CCN1CCN(c2ccc(CNC(=NC)NC(C)c3ccc(C)c(F)c3)cn2)CC1.I. The molecule has 1 aliphatic rings. The van der Waals surface area contributed by atoms with Crippen molar-refractivity contribution in [2.75, 3.05) is 44.7 Å². The molecule has 3 rings (SSSR count). The van der Waals surface area contributed by atoms with Gasteiger partial charge in [-0.25, -0.2) is 9.37 Å². The van der Waals surface area contributed by atoms with Crippen molar-refractivity contribution in [3.05, 3.63) is 59.0 Å². The number of halogens is 2. The highest BCUT2D eigenvalue weighted by molar-refractivity contribution is 14.0. The second-order valence-electron chi connectivity index (χ2n) is 7.75. The van der Waals surface area contributed by atoms with E-state index in [0.717, 1.165) is 49.7 Å². The molecule has 1 aromatic heterocycles. The summed E-state index contributed by atoms with van der Waals surface area (Å²) in [5, 5.41) is 6.62. The van der Waals surface area contributed by atoms with Crippen molar-refractivity contribution in [3.8, 4) is 0 Å². The average molecular weight is 540 g/mol. The van der Waals surface area contributed by atoms with Crippen LogP contribution in [0.5, 0.6) is 0 Å². The number of guanidine groups is 1. The minimum Gasteiger partial charge on any atom is -0.354 e. The molecule has 2 heterocycles. The summed E-state index contributed by atoms with van der Waals surface area (Å²) >= 11 is 0. The first kappa shape index (κ1) is 25.3. The average Bonchev–Trinajstić information content (AvgIpc) is 2.78. The molecule has 2 aromatic rings. The largest absolute Gasteiger partial charge is 0.354 e. The number of hydrogen-bond donors (Lipinski definition) is 2. The van der Waals surface area contributed by atoms with E-state index in [-0.39, 0.29) is 35.8 Å². The smallest absolute Gasteiger partial charge is 0.191 e. The number of benzene rings is 1. The molecule has 6 nitrogen and oxygen atoms in total. The van der Waals surface area contributed by atoms with Crippen LogP contribution in [0.1, 0.15) is 36.6 Å². The second-order valence-corrected chi connectivity index (χ2v) is 7.75. The Hall–Kier alpha value is -1.94. The van der Waals surface area contributed by atoms with Gasteiger partial charge in [0.2, 0.25) is 0 Å². The highest BCUT2D eigenvalue weighted by atomic mass is 127. The Bertz CT molecular complexity index is 850. The fraction of sp³-hybridized carbons (Fsp3) is 0.478. The Morgan fingerprint density at radius 2 is 1.94 bits per heavy atom. The molecular formula is C23H34FIN6. The molecule has 1 atom stereocenters. The highest BCUT2D eigenvalue weighted by Crippen LogP contribution is 2.17. The summed E-state index contributed by atoms with van der Waals surface area (Å²) in [6.07, 6.45) is 1.92. The quantitative estimate of drug-likeness (QED) is 0.333. The first-order valence-corrected chi connectivity index (χ1v) is 10.7. The number of aryl methyl sites for hydroxylation is 1. The number of likely N-dealkylation sites (N-methyl/N-ethyl adjacent to an activating group) is 1. The van der Waals surface area contributed by atoms with E-state index < -0.39 is 0 Å². The summed E-state index contributed by atoms with van der Waals surface area (Å²) < 4.78 is 13.8. The molecule has 1 unspecified atom stereocenters. The summed E-state index contributed by atoms with van der Waals surface area (Å²) in [5.74, 6) is 1.52. The molecule has 31 heavy (non-hydrogen) atoms. The van der Waals surface area contributed by atoms with Crippen LogP contribution < -0.4 is 15.5 Å². The van der Waals surface area contributed by atoms with Gasteiger partial charge < -0.3 is 20.4 Å². The van der Waals surface area contributed by atoms with E-state index in [4.69, 9.17) is 0 Å². The third-order valence-corrected chi connectivity index (χ3v) is 5.69. The Morgan fingerprint density at radius 1 is 1.19 bits per heavy atom. The zero-order valence-electron chi connectivity index (χ0n) is 18.9. The molecule has 8 heteroatoms. The van der Waals surface area contributed by atoms with E-state index >= 15 is 0 Å². The van der Waals surface area contributed by atoms with E-state index in [2.05, 4.69) is 49.5 Å². The fourth-order valence-corrected chi connectivity index (χ4v) is 3.55. The van der Waals surface area contributed by atoms with Crippen molar-refractivity contribution in [2.24, 2.45) is 4.99 Å². The first-order chi connectivity index (χ1) is 14.5. The van der Waals surface area contributed by atoms with Gasteiger partial charge in [0.15, 0.2) is 5.96 Å². The molecule has 0 aliphatic carbocycles. The molecule has 0 spiro atoms. The molecule has 0 bridgehead atoms. The second kappa shape index (κ2) is 12.2. The van der Waals surface area contributed by atoms with Gasteiger partial charge in [0.05, 0.1) is 6.04 Å². The maximum atomic E-state index is 13.8. The van der Waals surface area contributed by atoms with Crippen LogP contribution in [0.15, 0.2) is 41.5 Å². The topological polar surface area (TPSA) is 55.8 Å². The van der Waals surface area contributed by atoms with E-state index in [0.29, 0.717) is 18.1 Å². The number of hydrogen-bond acceptors (Lipinski definition) is 4. The molecular weight excluding hydrogens is 506 g/mol. The van der Waals surface area contributed by atoms with E-state index in [1.165, 1.54) is 0 Å². The number of piperazine rings is 1. The third-order valence-electron chi connectivity index (χ3n) is 5.69. The predicted octanol–water partition coefficient (Wildman–Crippen LogP) is 3.72. The van der Waals surface area contributed by atoms with Gasteiger partial charge >= 0.3 is 0 Å². The minimum absolute atomic E-state index is 0. The van der Waals surface area contributed by atoms with Gasteiger partial charge in [0, 0.05) is 46.0 Å². The monoisotopic (exact) mass is 540 g/mol. The lowest BCUT2D eigenvalue weighted by Crippen LogP contribution is -2.46. The van der Waals surface area contributed by atoms with Crippen LogP contribution >= 0.6 is 24.0 Å². The maximum Gasteiger partial charge on any atom is 0.191 e. The predicted molar refractivity (Wildman–Crippen MR) is 137 cm³/mol. The van der Waals surface area contributed by atoms with Gasteiger partial charge in [-0.3, -0.25) is 4.99 Å². The molecule has 1 aliphatic heterocycles. The van der Waals surface area contributed by atoms with E-state index in [1.54, 1.807) is 26.1 Å². The van der Waals surface area contributed by atoms with Crippen LogP contribution in [-0.4, -0.2) is 55.6 Å². The van der Waals surface area contributed by atoms with Gasteiger partial charge in [-0.15, -0.1) is 24.0 Å². The van der Waals surface area contributed by atoms with Crippen LogP contribution in [0.25, 0.3) is 0 Å². The van der Waals surface area contributed by atoms with Crippen molar-refractivity contribution < 1.29 is 4.39 Å². The van der Waals surface area contributed by atoms with Gasteiger partial charge in [0.25, 0.3) is 0 Å². The lowest BCUT2D eigenvalue weighted by molar-refractivity contribution is 0.270. The number of nitrogens with one attached hydrogen (secondary N) is 2. The van der Waals surface area contributed by atoms with Crippen molar-refractivity contribution in [1.29, 1.82) is 0 Å². The minimum atomic E-state index is -0.189. The molecule has 0 radical (unpaired) electrons. The summed E-state index contributed by atoms with van der Waals surface area (Å²) in [7, 11) is 1.73. The number of aliphatic imine (C=N–C) groups is 1. The molecule has 2 N–H and O–H groups in total. The number of aromatic nitrogens is 1. The van der Waals surface area contributed by atoms with Gasteiger partial charge in [0.1, 0.15) is 11.6 Å². The first-order valence-electron chi connectivity index (χ1n) is 10.7. The number of pyridine rings is 1. The van der Waals surface area contributed by atoms with Crippen LogP contribution in [0.2, 0.25) is 0 Å². The number of nitrogens with zero attached hydrogens (tertiary/aromatic N) is 4. The lowest BCUT2D eigenvalue weighted by atomic mass is 10.1.